The molecule has 0 fully saturated rings. The van der Waals surface area contributed by atoms with Gasteiger partial charge >= 0.3 is 0 Å². The summed E-state index contributed by atoms with van der Waals surface area (Å²) in [5.41, 5.74) is 3.78. The van der Waals surface area contributed by atoms with E-state index in [-0.39, 0.29) is 0 Å². The molecule has 0 saturated carbocycles. The van der Waals surface area contributed by atoms with E-state index in [4.69, 9.17) is 0 Å². The molecule has 0 bridgehead atoms. The topological polar surface area (TPSA) is 17.8 Å². The van der Waals surface area contributed by atoms with Gasteiger partial charge in [0.05, 0.1) is 0 Å². The van der Waals surface area contributed by atoms with E-state index in [1.54, 1.807) is 0 Å². The predicted molar refractivity (Wildman–Crippen MR) is 62.7 cm³/mol. The molecule has 2 nitrogen and oxygen atoms in total. The van der Waals surface area contributed by atoms with Crippen molar-refractivity contribution in [3.8, 4) is 11.3 Å². The maximum absolute atomic E-state index is 4.16. The van der Waals surface area contributed by atoms with Crippen LogP contribution in [0.4, 0.5) is 0 Å². The Morgan fingerprint density at radius 2 is 2.13 bits per heavy atom. The SMILES string of the molecule is CCCn1c(C)ccc1-c1cccnc1. The molecule has 0 radical (unpaired) electrons. The summed E-state index contributed by atoms with van der Waals surface area (Å²) < 4.78 is 2.34. The molecule has 0 aliphatic rings. The molecule has 0 N–H and O–H groups in total. The van der Waals surface area contributed by atoms with Crippen molar-refractivity contribution >= 4 is 0 Å². The maximum Gasteiger partial charge on any atom is 0.0497 e. The molecule has 2 heteroatoms. The first-order valence-corrected chi connectivity index (χ1v) is 5.39. The fourth-order valence-electron chi connectivity index (χ4n) is 1.86. The van der Waals surface area contributed by atoms with Gasteiger partial charge in [-0.05, 0) is 37.6 Å². The smallest absolute Gasteiger partial charge is 0.0497 e. The normalized spacial score (nSPS) is 10.5. The largest absolute Gasteiger partial charge is 0.345 e. The number of hydrogen-bond acceptors (Lipinski definition) is 1. The average molecular weight is 200 g/mol. The van der Waals surface area contributed by atoms with Crippen LogP contribution in [0.25, 0.3) is 11.3 Å². The van der Waals surface area contributed by atoms with Gasteiger partial charge in [-0.25, -0.2) is 0 Å². The Bertz CT molecular complexity index is 429. The Balaban J connectivity index is 2.44. The van der Waals surface area contributed by atoms with Crippen molar-refractivity contribution in [2.24, 2.45) is 0 Å². The van der Waals surface area contributed by atoms with Gasteiger partial charge in [0, 0.05) is 35.9 Å². The second-order valence-electron chi connectivity index (χ2n) is 3.75. The molecule has 0 atom stereocenters. The van der Waals surface area contributed by atoms with Crippen LogP contribution in [0.1, 0.15) is 19.0 Å². The highest BCUT2D eigenvalue weighted by Crippen LogP contribution is 2.21. The minimum absolute atomic E-state index is 1.07. The molecular weight excluding hydrogens is 184 g/mol. The highest BCUT2D eigenvalue weighted by atomic mass is 15.0. The van der Waals surface area contributed by atoms with E-state index in [2.05, 4.69) is 41.6 Å². The third kappa shape index (κ3) is 1.94. The Hall–Kier alpha value is -1.57. The van der Waals surface area contributed by atoms with Crippen LogP contribution in [0.2, 0.25) is 0 Å². The van der Waals surface area contributed by atoms with Gasteiger partial charge in [0.25, 0.3) is 0 Å². The van der Waals surface area contributed by atoms with E-state index in [0.717, 1.165) is 13.0 Å². The number of rotatable bonds is 3. The maximum atomic E-state index is 4.16. The van der Waals surface area contributed by atoms with Crippen molar-refractivity contribution in [3.05, 3.63) is 42.4 Å². The predicted octanol–water partition coefficient (Wildman–Crippen LogP) is 3.27. The highest BCUT2D eigenvalue weighted by molar-refractivity contribution is 5.59. The second-order valence-corrected chi connectivity index (χ2v) is 3.75. The zero-order valence-corrected chi connectivity index (χ0v) is 9.27. The summed E-state index contributed by atoms with van der Waals surface area (Å²) in [4.78, 5) is 4.16. The molecule has 0 aromatic carbocycles. The zero-order chi connectivity index (χ0) is 10.7. The average Bonchev–Trinajstić information content (AvgIpc) is 2.63. The lowest BCUT2D eigenvalue weighted by atomic mass is 10.2. The van der Waals surface area contributed by atoms with Crippen molar-refractivity contribution in [2.45, 2.75) is 26.8 Å². The minimum Gasteiger partial charge on any atom is -0.345 e. The van der Waals surface area contributed by atoms with Crippen molar-refractivity contribution in [1.29, 1.82) is 0 Å². The lowest BCUT2D eigenvalue weighted by Crippen LogP contribution is -2.01. The molecule has 15 heavy (non-hydrogen) atoms. The Morgan fingerprint density at radius 3 is 2.80 bits per heavy atom. The summed E-state index contributed by atoms with van der Waals surface area (Å²) >= 11 is 0. The Morgan fingerprint density at radius 1 is 1.27 bits per heavy atom. The number of hydrogen-bond donors (Lipinski definition) is 0. The van der Waals surface area contributed by atoms with E-state index >= 15 is 0 Å². The van der Waals surface area contributed by atoms with Gasteiger partial charge in [0.15, 0.2) is 0 Å². The fraction of sp³-hybridized carbons (Fsp3) is 0.308. The van der Waals surface area contributed by atoms with E-state index in [9.17, 15) is 0 Å². The quantitative estimate of drug-likeness (QED) is 0.743. The molecule has 0 amide bonds. The van der Waals surface area contributed by atoms with E-state index in [1.165, 1.54) is 17.0 Å². The molecule has 2 aromatic rings. The summed E-state index contributed by atoms with van der Waals surface area (Å²) in [6.07, 6.45) is 4.88. The summed E-state index contributed by atoms with van der Waals surface area (Å²) in [6.45, 7) is 5.42. The monoisotopic (exact) mass is 200 g/mol. The van der Waals surface area contributed by atoms with Crippen molar-refractivity contribution in [3.63, 3.8) is 0 Å². The first-order chi connectivity index (χ1) is 7.33. The van der Waals surface area contributed by atoms with Gasteiger partial charge in [-0.2, -0.15) is 0 Å². The molecule has 0 aliphatic carbocycles. The van der Waals surface area contributed by atoms with Crippen LogP contribution in [0.5, 0.6) is 0 Å². The molecule has 0 saturated heterocycles. The molecule has 78 valence electrons. The molecular formula is C13H16N2. The van der Waals surface area contributed by atoms with Gasteiger partial charge in [0.2, 0.25) is 0 Å². The van der Waals surface area contributed by atoms with E-state index < -0.39 is 0 Å². The minimum atomic E-state index is 1.07. The summed E-state index contributed by atoms with van der Waals surface area (Å²) in [5, 5.41) is 0. The summed E-state index contributed by atoms with van der Waals surface area (Å²) in [7, 11) is 0. The third-order valence-corrected chi connectivity index (χ3v) is 2.60. The molecule has 0 spiro atoms. The Kier molecular flexibility index (Phi) is 2.86. The number of aryl methyl sites for hydroxylation is 1. The molecule has 2 heterocycles. The first-order valence-electron chi connectivity index (χ1n) is 5.39. The van der Waals surface area contributed by atoms with E-state index in [1.807, 2.05) is 18.5 Å². The van der Waals surface area contributed by atoms with Crippen molar-refractivity contribution in [2.75, 3.05) is 0 Å². The van der Waals surface area contributed by atoms with Crippen LogP contribution in [-0.4, -0.2) is 9.55 Å². The molecule has 0 unspecified atom stereocenters. The van der Waals surface area contributed by atoms with Crippen LogP contribution in [-0.2, 0) is 6.54 Å². The van der Waals surface area contributed by atoms with Crippen LogP contribution in [0.15, 0.2) is 36.7 Å². The summed E-state index contributed by atoms with van der Waals surface area (Å²) in [5.74, 6) is 0. The van der Waals surface area contributed by atoms with Crippen LogP contribution >= 0.6 is 0 Å². The number of aromatic nitrogens is 2. The number of nitrogens with zero attached hydrogens (tertiary/aromatic N) is 2. The fourth-order valence-corrected chi connectivity index (χ4v) is 1.86. The lowest BCUT2D eigenvalue weighted by Gasteiger charge is -2.09. The number of pyridine rings is 1. The van der Waals surface area contributed by atoms with Gasteiger partial charge in [-0.3, -0.25) is 4.98 Å². The van der Waals surface area contributed by atoms with Gasteiger partial charge in [-0.15, -0.1) is 0 Å². The molecule has 0 aliphatic heterocycles. The molecule has 2 aromatic heterocycles. The van der Waals surface area contributed by atoms with Crippen LogP contribution < -0.4 is 0 Å². The standard InChI is InChI=1S/C13H16N2/c1-3-9-15-11(2)6-7-13(15)12-5-4-8-14-10-12/h4-8,10H,3,9H2,1-2H3. The van der Waals surface area contributed by atoms with Crippen LogP contribution in [0.3, 0.4) is 0 Å². The van der Waals surface area contributed by atoms with Gasteiger partial charge in [0.1, 0.15) is 0 Å². The van der Waals surface area contributed by atoms with E-state index in [0.29, 0.717) is 0 Å². The van der Waals surface area contributed by atoms with Crippen LogP contribution in [0, 0.1) is 6.92 Å². The zero-order valence-electron chi connectivity index (χ0n) is 9.27. The third-order valence-electron chi connectivity index (χ3n) is 2.60. The van der Waals surface area contributed by atoms with Gasteiger partial charge < -0.3 is 4.57 Å². The second kappa shape index (κ2) is 4.30. The highest BCUT2D eigenvalue weighted by Gasteiger charge is 2.05. The van der Waals surface area contributed by atoms with Crippen molar-refractivity contribution < 1.29 is 0 Å². The summed E-state index contributed by atoms with van der Waals surface area (Å²) in [6, 6.07) is 8.42. The Labute approximate surface area is 90.6 Å². The molecule has 2 rings (SSSR count). The van der Waals surface area contributed by atoms with Crippen molar-refractivity contribution in [1.82, 2.24) is 9.55 Å². The van der Waals surface area contributed by atoms with Gasteiger partial charge in [-0.1, -0.05) is 6.92 Å². The first kappa shape index (κ1) is 9.97. The lowest BCUT2D eigenvalue weighted by molar-refractivity contribution is 0.672.